The average Bonchev–Trinajstić information content (AvgIpc) is 3.36. The van der Waals surface area contributed by atoms with Crippen LogP contribution in [0.1, 0.15) is 22.9 Å². The second kappa shape index (κ2) is 7.87. The Labute approximate surface area is 171 Å². The summed E-state index contributed by atoms with van der Waals surface area (Å²) in [4.78, 5) is 27.1. The number of aliphatic hydroxyl groups excluding tert-OH is 1. The number of ether oxygens (including phenoxy) is 1. The van der Waals surface area contributed by atoms with Gasteiger partial charge in [0.15, 0.2) is 0 Å². The van der Waals surface area contributed by atoms with Gasteiger partial charge >= 0.3 is 0 Å². The van der Waals surface area contributed by atoms with Gasteiger partial charge < -0.3 is 19.2 Å². The Morgan fingerprint density at radius 1 is 1.13 bits per heavy atom. The molecule has 2 aromatic carbocycles. The molecule has 1 unspecified atom stereocenters. The first-order chi connectivity index (χ1) is 14.5. The number of carbonyl (C=O) groups is 2. The molecule has 1 saturated heterocycles. The van der Waals surface area contributed by atoms with Gasteiger partial charge in [-0.1, -0.05) is 24.3 Å². The van der Waals surface area contributed by atoms with Crippen molar-refractivity contribution in [2.75, 3.05) is 7.11 Å². The first-order valence-corrected chi connectivity index (χ1v) is 9.20. The van der Waals surface area contributed by atoms with Crippen LogP contribution in [0.15, 0.2) is 76.9 Å². The maximum Gasteiger partial charge on any atom is 0.296 e. The van der Waals surface area contributed by atoms with Crippen molar-refractivity contribution in [1.29, 1.82) is 0 Å². The summed E-state index contributed by atoms with van der Waals surface area (Å²) in [7, 11) is 1.49. The number of methoxy groups -OCH3 is 1. The number of amides is 1. The zero-order valence-corrected chi connectivity index (χ0v) is 16.0. The van der Waals surface area contributed by atoms with Gasteiger partial charge in [0, 0.05) is 5.56 Å². The summed E-state index contributed by atoms with van der Waals surface area (Å²) in [6, 6.07) is 14.5. The number of rotatable bonds is 5. The molecule has 6 nitrogen and oxygen atoms in total. The number of Topliss-reactive ketones (excluding diaryl/α,β-unsaturated/α-hetero) is 1. The molecule has 1 aromatic heterocycles. The van der Waals surface area contributed by atoms with Gasteiger partial charge in [-0.2, -0.15) is 0 Å². The normalized spacial score (nSPS) is 18.1. The first-order valence-electron chi connectivity index (χ1n) is 9.20. The van der Waals surface area contributed by atoms with Gasteiger partial charge in [0.25, 0.3) is 11.7 Å². The highest BCUT2D eigenvalue weighted by atomic mass is 19.1. The Morgan fingerprint density at radius 3 is 2.57 bits per heavy atom. The van der Waals surface area contributed by atoms with Crippen LogP contribution in [0.5, 0.6) is 5.75 Å². The van der Waals surface area contributed by atoms with Crippen molar-refractivity contribution in [2.24, 2.45) is 0 Å². The van der Waals surface area contributed by atoms with E-state index in [-0.39, 0.29) is 17.9 Å². The SMILES string of the molecule is COc1cccc(C(O)=C2C(=O)C(=O)N(Cc3ccco3)C2c2ccc(F)cc2)c1. The Balaban J connectivity index is 1.86. The van der Waals surface area contributed by atoms with Gasteiger partial charge in [0.05, 0.1) is 31.5 Å². The Bertz CT molecular complexity index is 1120. The van der Waals surface area contributed by atoms with Crippen molar-refractivity contribution in [2.45, 2.75) is 12.6 Å². The Kier molecular flexibility index (Phi) is 5.10. The van der Waals surface area contributed by atoms with Crippen LogP contribution in [-0.4, -0.2) is 28.8 Å². The Morgan fingerprint density at radius 2 is 1.90 bits per heavy atom. The summed E-state index contributed by atoms with van der Waals surface area (Å²) >= 11 is 0. The largest absolute Gasteiger partial charge is 0.507 e. The number of aliphatic hydroxyl groups is 1. The van der Waals surface area contributed by atoms with Crippen molar-refractivity contribution in [3.8, 4) is 5.75 Å². The van der Waals surface area contributed by atoms with Crippen molar-refractivity contribution in [3.05, 3.63) is 95.2 Å². The van der Waals surface area contributed by atoms with Crippen LogP contribution in [0.25, 0.3) is 5.76 Å². The number of furan rings is 1. The molecule has 2 heterocycles. The summed E-state index contributed by atoms with van der Waals surface area (Å²) in [5.41, 5.74) is 0.746. The molecule has 1 fully saturated rings. The monoisotopic (exact) mass is 407 g/mol. The molecular formula is C23H18FNO5. The smallest absolute Gasteiger partial charge is 0.296 e. The van der Waals surface area contributed by atoms with Crippen LogP contribution in [0.4, 0.5) is 4.39 Å². The molecule has 1 atom stereocenters. The lowest BCUT2D eigenvalue weighted by Crippen LogP contribution is -2.29. The molecule has 152 valence electrons. The zero-order valence-electron chi connectivity index (χ0n) is 16.0. The van der Waals surface area contributed by atoms with Crippen molar-refractivity contribution in [1.82, 2.24) is 4.90 Å². The second-order valence-electron chi connectivity index (χ2n) is 6.79. The summed E-state index contributed by atoms with van der Waals surface area (Å²) in [6.45, 7) is 0.0223. The predicted molar refractivity (Wildman–Crippen MR) is 106 cm³/mol. The van der Waals surface area contributed by atoms with Gasteiger partial charge in [-0.15, -0.1) is 0 Å². The second-order valence-corrected chi connectivity index (χ2v) is 6.79. The van der Waals surface area contributed by atoms with E-state index < -0.39 is 23.5 Å². The number of halogens is 1. The molecule has 3 aromatic rings. The fourth-order valence-corrected chi connectivity index (χ4v) is 3.53. The summed E-state index contributed by atoms with van der Waals surface area (Å²) in [5, 5.41) is 11.0. The molecule has 0 spiro atoms. The average molecular weight is 407 g/mol. The molecule has 0 aliphatic carbocycles. The molecule has 0 saturated carbocycles. The minimum atomic E-state index is -0.901. The van der Waals surface area contributed by atoms with Crippen LogP contribution in [0.3, 0.4) is 0 Å². The minimum Gasteiger partial charge on any atom is -0.507 e. The van der Waals surface area contributed by atoms with Crippen LogP contribution in [-0.2, 0) is 16.1 Å². The first kappa shape index (κ1) is 19.4. The van der Waals surface area contributed by atoms with E-state index in [9.17, 15) is 19.1 Å². The lowest BCUT2D eigenvalue weighted by molar-refractivity contribution is -0.140. The summed E-state index contributed by atoms with van der Waals surface area (Å²) in [5.74, 6) is -1.41. The highest BCUT2D eigenvalue weighted by Crippen LogP contribution is 2.40. The van der Waals surface area contributed by atoms with E-state index in [4.69, 9.17) is 9.15 Å². The fourth-order valence-electron chi connectivity index (χ4n) is 3.53. The molecule has 4 rings (SSSR count). The fraction of sp³-hybridized carbons (Fsp3) is 0.130. The molecule has 1 N–H and O–H groups in total. The van der Waals surface area contributed by atoms with Crippen LogP contribution < -0.4 is 4.74 Å². The van der Waals surface area contributed by atoms with Crippen molar-refractivity contribution in [3.63, 3.8) is 0 Å². The quantitative estimate of drug-likeness (QED) is 0.392. The van der Waals surface area contributed by atoms with E-state index in [0.717, 1.165) is 0 Å². The third-order valence-electron chi connectivity index (χ3n) is 4.98. The van der Waals surface area contributed by atoms with Crippen molar-refractivity contribution >= 4 is 17.4 Å². The maximum atomic E-state index is 13.5. The van der Waals surface area contributed by atoms with E-state index in [1.165, 1.54) is 42.5 Å². The third kappa shape index (κ3) is 3.45. The number of carbonyl (C=O) groups excluding carboxylic acids is 2. The lowest BCUT2D eigenvalue weighted by Gasteiger charge is -2.24. The maximum absolute atomic E-state index is 13.5. The number of ketones is 1. The molecule has 1 aliphatic rings. The Hall–Kier alpha value is -3.87. The van der Waals surface area contributed by atoms with E-state index in [1.54, 1.807) is 36.4 Å². The van der Waals surface area contributed by atoms with Crippen LogP contribution in [0.2, 0.25) is 0 Å². The molecule has 30 heavy (non-hydrogen) atoms. The van der Waals surface area contributed by atoms with Gasteiger partial charge in [-0.05, 0) is 42.0 Å². The highest BCUT2D eigenvalue weighted by Gasteiger charge is 2.46. The van der Waals surface area contributed by atoms with Crippen LogP contribution >= 0.6 is 0 Å². The molecule has 1 amide bonds. The van der Waals surface area contributed by atoms with Gasteiger partial charge in [0.1, 0.15) is 23.1 Å². The predicted octanol–water partition coefficient (Wildman–Crippen LogP) is 4.05. The van der Waals surface area contributed by atoms with E-state index in [2.05, 4.69) is 0 Å². The number of nitrogens with zero attached hydrogens (tertiary/aromatic N) is 1. The standard InChI is InChI=1S/C23H18FNO5/c1-29-17-5-2-4-15(12-17)21(26)19-20(14-7-9-16(24)10-8-14)25(23(28)22(19)27)13-18-6-3-11-30-18/h2-12,20,26H,13H2,1H3. The third-order valence-corrected chi connectivity index (χ3v) is 4.98. The van der Waals surface area contributed by atoms with Crippen LogP contribution in [0, 0.1) is 5.82 Å². The van der Waals surface area contributed by atoms with Gasteiger partial charge in [0.2, 0.25) is 0 Å². The number of benzene rings is 2. The molecule has 0 bridgehead atoms. The number of hydrogen-bond donors (Lipinski definition) is 1. The molecule has 0 radical (unpaired) electrons. The number of hydrogen-bond acceptors (Lipinski definition) is 5. The summed E-state index contributed by atoms with van der Waals surface area (Å²) < 4.78 is 24.0. The van der Waals surface area contributed by atoms with E-state index in [0.29, 0.717) is 22.6 Å². The highest BCUT2D eigenvalue weighted by molar-refractivity contribution is 6.46. The van der Waals surface area contributed by atoms with Crippen molar-refractivity contribution < 1.29 is 28.2 Å². The van der Waals surface area contributed by atoms with Gasteiger partial charge in [-0.3, -0.25) is 9.59 Å². The molecular weight excluding hydrogens is 389 g/mol. The lowest BCUT2D eigenvalue weighted by atomic mass is 9.95. The topological polar surface area (TPSA) is 80.0 Å². The molecule has 7 heteroatoms. The van der Waals surface area contributed by atoms with Gasteiger partial charge in [-0.25, -0.2) is 4.39 Å². The summed E-state index contributed by atoms with van der Waals surface area (Å²) in [6.07, 6.45) is 1.47. The zero-order chi connectivity index (χ0) is 21.3. The van der Waals surface area contributed by atoms with E-state index >= 15 is 0 Å². The van der Waals surface area contributed by atoms with E-state index in [1.807, 2.05) is 0 Å². The molecule has 1 aliphatic heterocycles. The number of likely N-dealkylation sites (tertiary alicyclic amines) is 1. The minimum absolute atomic E-state index is 0.0223.